The van der Waals surface area contributed by atoms with Gasteiger partial charge in [0.15, 0.2) is 23.0 Å². The number of amides is 2. The second-order valence-corrected chi connectivity index (χ2v) is 9.99. The molecule has 0 aromatic heterocycles. The summed E-state index contributed by atoms with van der Waals surface area (Å²) in [7, 11) is 0. The van der Waals surface area contributed by atoms with Gasteiger partial charge in [0.1, 0.15) is 32.5 Å². The zero-order chi connectivity index (χ0) is 37.4. The minimum Gasteiger partial charge on any atom is -0.486 e. The average Bonchev–Trinajstić information content (AvgIpc) is 3.39. The van der Waals surface area contributed by atoms with Crippen molar-refractivity contribution >= 4 is 29.3 Å². The number of nitro groups is 2. The van der Waals surface area contributed by atoms with Gasteiger partial charge in [-0.25, -0.2) is 4.79 Å². The Hall–Kier alpha value is -6.23. The zero-order valence-electron chi connectivity index (χ0n) is 27.4. The van der Waals surface area contributed by atoms with Gasteiger partial charge in [-0.1, -0.05) is 55.7 Å². The number of hydrogen-bond donors (Lipinski definition) is 1. The summed E-state index contributed by atoms with van der Waals surface area (Å²) in [5.41, 5.74) is -0.459. The molecule has 2 aromatic carbocycles. The van der Waals surface area contributed by atoms with E-state index in [0.29, 0.717) is 10.8 Å². The Morgan fingerprint density at radius 3 is 1.48 bits per heavy atom. The van der Waals surface area contributed by atoms with E-state index >= 15 is 0 Å². The van der Waals surface area contributed by atoms with E-state index in [9.17, 15) is 39.7 Å². The molecule has 0 aliphatic carbocycles. The maximum absolute atomic E-state index is 12.0. The van der Waals surface area contributed by atoms with E-state index in [4.69, 9.17) is 23.7 Å². The van der Waals surface area contributed by atoms with Crippen molar-refractivity contribution in [1.82, 2.24) is 5.06 Å². The number of nitrogens with zero attached hydrogens (tertiary/aromatic N) is 3. The molecule has 1 fully saturated rings. The van der Waals surface area contributed by atoms with Crippen molar-refractivity contribution in [2.75, 3.05) is 26.4 Å². The molecular weight excluding hydrogens is 662 g/mol. The highest BCUT2D eigenvalue weighted by molar-refractivity contribution is 6.01. The van der Waals surface area contributed by atoms with Crippen LogP contribution in [0.25, 0.3) is 0 Å². The molecule has 1 aliphatic rings. The van der Waals surface area contributed by atoms with Crippen molar-refractivity contribution in [1.29, 1.82) is 0 Å². The summed E-state index contributed by atoms with van der Waals surface area (Å²) in [6.45, 7) is 17.5. The lowest BCUT2D eigenvalue weighted by molar-refractivity contribution is -0.386. The molecule has 0 radical (unpaired) electrons. The van der Waals surface area contributed by atoms with Crippen LogP contribution in [0.5, 0.6) is 23.0 Å². The summed E-state index contributed by atoms with van der Waals surface area (Å²) in [5, 5.41) is 32.5. The second-order valence-electron chi connectivity index (χ2n) is 9.99. The maximum atomic E-state index is 12.0. The van der Waals surface area contributed by atoms with Crippen LogP contribution in [-0.2, 0) is 19.2 Å². The molecule has 1 saturated heterocycles. The lowest BCUT2D eigenvalue weighted by Crippen LogP contribution is -2.32. The topological polar surface area (TPSA) is 216 Å². The number of imide groups is 1. The molecule has 17 nitrogen and oxygen atoms in total. The third-order valence-corrected chi connectivity index (χ3v) is 6.34. The fraction of sp³-hybridized carbons (Fsp3) is 0.303. The van der Waals surface area contributed by atoms with Crippen LogP contribution in [0, 0.1) is 20.2 Å². The van der Waals surface area contributed by atoms with Gasteiger partial charge in [-0.15, -0.1) is 0 Å². The van der Waals surface area contributed by atoms with E-state index in [0.717, 1.165) is 6.07 Å². The first-order valence-corrected chi connectivity index (χ1v) is 14.8. The highest BCUT2D eigenvalue weighted by Crippen LogP contribution is 2.39. The second kappa shape index (κ2) is 19.6. The standard InChI is InChI=1S/C19H20N2O9.C14H17NO5/c1-4-8-27-15-10-13(14(21(25)26)11-16(15)28-9-5-2)12(3)29-19(24)30-20-17(22)6-7-18(20)23;1-4-6-19-13-8-11(10(3)16)12(15(17)18)9-14(13)20-7-5-2/h4-5,10-12H,1-2,6-9H2,3H3;4-5,8-10,16H,1-2,6-7H2,3H3. The molecule has 0 spiro atoms. The molecule has 0 saturated carbocycles. The molecule has 2 amide bonds. The monoisotopic (exact) mass is 699 g/mol. The molecule has 2 unspecified atom stereocenters. The van der Waals surface area contributed by atoms with Crippen LogP contribution in [0.3, 0.4) is 0 Å². The summed E-state index contributed by atoms with van der Waals surface area (Å²) >= 11 is 0. The van der Waals surface area contributed by atoms with Crippen LogP contribution in [-0.4, -0.2) is 64.4 Å². The summed E-state index contributed by atoms with van der Waals surface area (Å²) in [6.07, 6.45) is 2.31. The summed E-state index contributed by atoms with van der Waals surface area (Å²) in [6, 6.07) is 5.08. The minimum atomic E-state index is -1.36. The third kappa shape index (κ3) is 11.2. The number of carbonyl (C=O) groups is 3. The van der Waals surface area contributed by atoms with Crippen molar-refractivity contribution in [3.8, 4) is 23.0 Å². The predicted octanol–water partition coefficient (Wildman–Crippen LogP) is 5.78. The maximum Gasteiger partial charge on any atom is 0.534 e. The highest BCUT2D eigenvalue weighted by Gasteiger charge is 2.35. The smallest absolute Gasteiger partial charge is 0.486 e. The third-order valence-electron chi connectivity index (χ3n) is 6.34. The van der Waals surface area contributed by atoms with Gasteiger partial charge in [0.05, 0.1) is 39.2 Å². The van der Waals surface area contributed by atoms with Crippen molar-refractivity contribution in [3.05, 3.63) is 106 Å². The summed E-state index contributed by atoms with van der Waals surface area (Å²) < 4.78 is 26.7. The van der Waals surface area contributed by atoms with Crippen molar-refractivity contribution < 1.29 is 57.9 Å². The lowest BCUT2D eigenvalue weighted by Gasteiger charge is -2.18. The number of benzene rings is 2. The van der Waals surface area contributed by atoms with Crippen molar-refractivity contribution in [2.24, 2.45) is 0 Å². The Bertz CT molecular complexity index is 1610. The number of nitro benzene ring substituents is 2. The molecule has 1 N–H and O–H groups in total. The van der Waals surface area contributed by atoms with Crippen molar-refractivity contribution in [3.63, 3.8) is 0 Å². The fourth-order valence-electron chi connectivity index (χ4n) is 4.11. The summed E-state index contributed by atoms with van der Waals surface area (Å²) in [4.78, 5) is 61.0. The van der Waals surface area contributed by atoms with Gasteiger partial charge in [-0.05, 0) is 26.0 Å². The molecule has 2 atom stereocenters. The van der Waals surface area contributed by atoms with E-state index in [-0.39, 0.29) is 73.3 Å². The van der Waals surface area contributed by atoms with Crippen LogP contribution in [0.1, 0.15) is 50.0 Å². The van der Waals surface area contributed by atoms with Crippen LogP contribution in [0.2, 0.25) is 0 Å². The largest absolute Gasteiger partial charge is 0.534 e. The predicted molar refractivity (Wildman–Crippen MR) is 177 cm³/mol. The number of aliphatic hydroxyl groups excluding tert-OH is 1. The molecule has 50 heavy (non-hydrogen) atoms. The van der Waals surface area contributed by atoms with E-state index < -0.39 is 45.7 Å². The number of carbonyl (C=O) groups excluding carboxylic acids is 3. The first kappa shape index (κ1) is 39.9. The first-order chi connectivity index (χ1) is 23.8. The van der Waals surface area contributed by atoms with Crippen LogP contribution in [0.4, 0.5) is 16.2 Å². The zero-order valence-corrected chi connectivity index (χ0v) is 27.4. The number of rotatable bonds is 18. The Morgan fingerprint density at radius 2 is 1.12 bits per heavy atom. The van der Waals surface area contributed by atoms with E-state index in [1.54, 1.807) is 6.08 Å². The fourth-order valence-corrected chi connectivity index (χ4v) is 4.11. The Balaban J connectivity index is 0.000000377. The molecule has 2 aromatic rings. The molecule has 0 bridgehead atoms. The molecule has 3 rings (SSSR count). The number of aliphatic hydroxyl groups is 1. The average molecular weight is 700 g/mol. The number of hydroxylamine groups is 2. The first-order valence-electron chi connectivity index (χ1n) is 14.8. The molecule has 17 heteroatoms. The Labute approximate surface area is 286 Å². The van der Waals surface area contributed by atoms with Gasteiger partial charge in [0.2, 0.25) is 0 Å². The quantitative estimate of drug-likeness (QED) is 0.0642. The van der Waals surface area contributed by atoms with E-state index in [2.05, 4.69) is 31.2 Å². The number of hydrogen-bond acceptors (Lipinski definition) is 14. The van der Waals surface area contributed by atoms with Gasteiger partial charge < -0.3 is 28.8 Å². The SMILES string of the molecule is C=CCOc1cc(C(C)O)c([N+](=O)[O-])cc1OCC=C.C=CCOc1cc(C(C)OC(=O)ON2C(=O)CCC2=O)c([N+](=O)[O-])cc1OCC=C. The molecular formula is C33H37N3O14. The highest BCUT2D eigenvalue weighted by atomic mass is 16.8. The molecule has 268 valence electrons. The van der Waals surface area contributed by atoms with Gasteiger partial charge in [0.25, 0.3) is 23.2 Å². The van der Waals surface area contributed by atoms with Crippen LogP contribution < -0.4 is 18.9 Å². The number of ether oxygens (including phenoxy) is 5. The van der Waals surface area contributed by atoms with Crippen LogP contribution >= 0.6 is 0 Å². The minimum absolute atomic E-state index is 0.0129. The van der Waals surface area contributed by atoms with Gasteiger partial charge in [-0.3, -0.25) is 34.7 Å². The van der Waals surface area contributed by atoms with E-state index in [1.807, 2.05) is 0 Å². The Kier molecular flexibility index (Phi) is 15.6. The molecule has 1 heterocycles. The Morgan fingerprint density at radius 1 is 0.760 bits per heavy atom. The summed E-state index contributed by atoms with van der Waals surface area (Å²) in [5.74, 6) is -0.573. The van der Waals surface area contributed by atoms with Crippen LogP contribution in [0.15, 0.2) is 74.9 Å². The lowest BCUT2D eigenvalue weighted by atomic mass is 10.1. The van der Waals surface area contributed by atoms with Crippen molar-refractivity contribution in [2.45, 2.75) is 38.9 Å². The molecule has 1 aliphatic heterocycles. The van der Waals surface area contributed by atoms with Gasteiger partial charge >= 0.3 is 6.16 Å². The van der Waals surface area contributed by atoms with E-state index in [1.165, 1.54) is 50.3 Å². The normalized spacial score (nSPS) is 13.1. The van der Waals surface area contributed by atoms with Gasteiger partial charge in [-0.2, -0.15) is 0 Å². The van der Waals surface area contributed by atoms with Gasteiger partial charge in [0, 0.05) is 12.8 Å².